The maximum absolute atomic E-state index is 9.71. The van der Waals surface area contributed by atoms with Gasteiger partial charge in [-0.25, -0.2) is 0 Å². The lowest BCUT2D eigenvalue weighted by Gasteiger charge is -2.06. The van der Waals surface area contributed by atoms with Gasteiger partial charge in [-0.1, -0.05) is 12.1 Å². The Labute approximate surface area is 119 Å². The van der Waals surface area contributed by atoms with Crippen LogP contribution in [0.3, 0.4) is 0 Å². The number of hydrogen-bond acceptors (Lipinski definition) is 3. The van der Waals surface area contributed by atoms with Gasteiger partial charge >= 0.3 is 0 Å². The van der Waals surface area contributed by atoms with Crippen LogP contribution < -0.4 is 4.74 Å². The summed E-state index contributed by atoms with van der Waals surface area (Å²) in [5.41, 5.74) is 2.89. The first-order valence-corrected chi connectivity index (χ1v) is 5.97. The molecule has 19 heavy (non-hydrogen) atoms. The molecule has 2 aromatic rings. The summed E-state index contributed by atoms with van der Waals surface area (Å²) >= 11 is 0. The van der Waals surface area contributed by atoms with Gasteiger partial charge in [-0.2, -0.15) is 0 Å². The Balaban J connectivity index is 0.00000180. The largest absolute Gasteiger partial charge is 0.506 e. The average molecular weight is 280 g/mol. The number of aromatic hydroxyl groups is 1. The smallest absolute Gasteiger partial charge is 0.137 e. The molecule has 2 rings (SSSR count). The van der Waals surface area contributed by atoms with Crippen molar-refractivity contribution in [1.82, 2.24) is 4.98 Å². The number of rotatable bonds is 4. The number of methoxy groups -OCH3 is 1. The minimum atomic E-state index is 0. The first-order chi connectivity index (χ1) is 8.69. The van der Waals surface area contributed by atoms with Crippen LogP contribution in [-0.4, -0.2) is 17.2 Å². The lowest BCUT2D eigenvalue weighted by atomic mass is 10.1. The summed E-state index contributed by atoms with van der Waals surface area (Å²) in [5.74, 6) is 1.13. The zero-order valence-corrected chi connectivity index (χ0v) is 11.9. The maximum Gasteiger partial charge on any atom is 0.137 e. The number of benzene rings is 1. The van der Waals surface area contributed by atoms with Crippen molar-refractivity contribution < 1.29 is 9.84 Å². The molecule has 0 spiro atoms. The molecule has 3 nitrogen and oxygen atoms in total. The van der Waals surface area contributed by atoms with Crippen LogP contribution in [0.2, 0.25) is 0 Å². The van der Waals surface area contributed by atoms with Crippen LogP contribution in [0.15, 0.2) is 36.4 Å². The highest BCUT2D eigenvalue weighted by Gasteiger charge is 2.04. The van der Waals surface area contributed by atoms with Crippen molar-refractivity contribution in [3.8, 4) is 11.5 Å². The molecule has 0 aliphatic carbocycles. The van der Waals surface area contributed by atoms with Crippen molar-refractivity contribution in [1.29, 1.82) is 0 Å². The van der Waals surface area contributed by atoms with E-state index in [1.54, 1.807) is 13.2 Å². The predicted molar refractivity (Wildman–Crippen MR) is 78.3 cm³/mol. The Bertz CT molecular complexity index is 526. The molecule has 0 saturated heterocycles. The summed E-state index contributed by atoms with van der Waals surface area (Å²) < 4.78 is 5.11. The Morgan fingerprint density at radius 1 is 1.05 bits per heavy atom. The van der Waals surface area contributed by atoms with Crippen molar-refractivity contribution >= 4 is 12.4 Å². The first-order valence-electron chi connectivity index (χ1n) is 5.97. The number of ether oxygens (including phenoxy) is 1. The van der Waals surface area contributed by atoms with Gasteiger partial charge in [0.05, 0.1) is 12.8 Å². The molecule has 0 fully saturated rings. The average Bonchev–Trinajstić information content (AvgIpc) is 2.40. The minimum absolute atomic E-state index is 0. The van der Waals surface area contributed by atoms with Gasteiger partial charge in [-0.15, -0.1) is 12.4 Å². The molecule has 0 radical (unpaired) electrons. The van der Waals surface area contributed by atoms with E-state index in [1.165, 1.54) is 5.56 Å². The van der Waals surface area contributed by atoms with Gasteiger partial charge in [0.25, 0.3) is 0 Å². The van der Waals surface area contributed by atoms with E-state index < -0.39 is 0 Å². The summed E-state index contributed by atoms with van der Waals surface area (Å²) in [7, 11) is 1.66. The number of hydrogen-bond donors (Lipinski definition) is 1. The number of aryl methyl sites for hydroxylation is 3. The number of aromatic nitrogens is 1. The van der Waals surface area contributed by atoms with Gasteiger partial charge in [-0.05, 0) is 49.6 Å². The highest BCUT2D eigenvalue weighted by atomic mass is 35.5. The molecule has 0 amide bonds. The number of pyridine rings is 1. The van der Waals surface area contributed by atoms with Crippen LogP contribution in [-0.2, 0) is 12.8 Å². The lowest BCUT2D eigenvalue weighted by molar-refractivity contribution is 0.414. The maximum atomic E-state index is 9.71. The highest BCUT2D eigenvalue weighted by molar-refractivity contribution is 5.85. The van der Waals surface area contributed by atoms with Gasteiger partial charge in [-0.3, -0.25) is 4.98 Å². The fourth-order valence-corrected chi connectivity index (χ4v) is 1.84. The Morgan fingerprint density at radius 2 is 1.74 bits per heavy atom. The summed E-state index contributed by atoms with van der Waals surface area (Å²) in [6, 6.07) is 11.5. The van der Waals surface area contributed by atoms with E-state index in [2.05, 4.69) is 4.98 Å². The summed E-state index contributed by atoms with van der Waals surface area (Å²) in [4.78, 5) is 4.35. The fraction of sp³-hybridized carbons (Fsp3) is 0.267. The Hall–Kier alpha value is -1.74. The third-order valence-corrected chi connectivity index (χ3v) is 2.90. The van der Waals surface area contributed by atoms with E-state index in [1.807, 2.05) is 37.3 Å². The summed E-state index contributed by atoms with van der Waals surface area (Å²) in [5, 5.41) is 9.71. The topological polar surface area (TPSA) is 42.4 Å². The monoisotopic (exact) mass is 279 g/mol. The molecule has 0 aliphatic heterocycles. The Kier molecular flexibility index (Phi) is 5.64. The van der Waals surface area contributed by atoms with E-state index >= 15 is 0 Å². The van der Waals surface area contributed by atoms with Crippen molar-refractivity contribution in [2.24, 2.45) is 0 Å². The Morgan fingerprint density at radius 3 is 2.37 bits per heavy atom. The van der Waals surface area contributed by atoms with E-state index in [-0.39, 0.29) is 18.2 Å². The number of halogens is 1. The predicted octanol–water partition coefficient (Wildman–Crippen LogP) is 3.31. The molecule has 0 atom stereocenters. The van der Waals surface area contributed by atoms with Crippen molar-refractivity contribution in [3.05, 3.63) is 53.3 Å². The second-order valence-corrected chi connectivity index (χ2v) is 4.27. The first kappa shape index (κ1) is 15.3. The van der Waals surface area contributed by atoms with Crippen LogP contribution in [0.4, 0.5) is 0 Å². The third-order valence-electron chi connectivity index (χ3n) is 2.90. The second-order valence-electron chi connectivity index (χ2n) is 4.27. The standard InChI is InChI=1S/C15H17NO2.ClH/c1-11-3-10-15(17)14(16-11)9-6-12-4-7-13(18-2)8-5-12;/h3-5,7-8,10,17H,6,9H2,1-2H3;1H. The quantitative estimate of drug-likeness (QED) is 0.934. The minimum Gasteiger partial charge on any atom is -0.506 e. The van der Waals surface area contributed by atoms with Crippen LogP contribution in [0.25, 0.3) is 0 Å². The van der Waals surface area contributed by atoms with E-state index in [4.69, 9.17) is 4.74 Å². The molecule has 4 heteroatoms. The molecular weight excluding hydrogens is 262 g/mol. The van der Waals surface area contributed by atoms with Gasteiger partial charge < -0.3 is 9.84 Å². The van der Waals surface area contributed by atoms with Crippen molar-refractivity contribution in [2.75, 3.05) is 7.11 Å². The zero-order chi connectivity index (χ0) is 13.0. The van der Waals surface area contributed by atoms with Crippen LogP contribution >= 0.6 is 12.4 Å². The van der Waals surface area contributed by atoms with Crippen molar-refractivity contribution in [2.45, 2.75) is 19.8 Å². The molecule has 0 aliphatic rings. The zero-order valence-electron chi connectivity index (χ0n) is 11.1. The highest BCUT2D eigenvalue weighted by Crippen LogP contribution is 2.18. The normalized spacial score (nSPS) is 9.79. The molecule has 1 aromatic carbocycles. The SMILES string of the molecule is COc1ccc(CCc2nc(C)ccc2O)cc1.Cl. The molecule has 0 bridgehead atoms. The van der Waals surface area contributed by atoms with Crippen molar-refractivity contribution in [3.63, 3.8) is 0 Å². The van der Waals surface area contributed by atoms with Crippen LogP contribution in [0.5, 0.6) is 11.5 Å². The van der Waals surface area contributed by atoms with E-state index in [0.717, 1.165) is 30.0 Å². The molecular formula is C15H18ClNO2. The van der Waals surface area contributed by atoms with Crippen LogP contribution in [0, 0.1) is 6.92 Å². The lowest BCUT2D eigenvalue weighted by Crippen LogP contribution is -1.96. The summed E-state index contributed by atoms with van der Waals surface area (Å²) in [6.07, 6.45) is 1.59. The second kappa shape index (κ2) is 7.00. The molecule has 0 saturated carbocycles. The summed E-state index contributed by atoms with van der Waals surface area (Å²) in [6.45, 7) is 1.93. The molecule has 1 N–H and O–H groups in total. The molecule has 102 valence electrons. The fourth-order valence-electron chi connectivity index (χ4n) is 1.84. The van der Waals surface area contributed by atoms with Gasteiger partial charge in [0.1, 0.15) is 11.5 Å². The van der Waals surface area contributed by atoms with Crippen LogP contribution in [0.1, 0.15) is 17.0 Å². The third kappa shape index (κ3) is 4.14. The van der Waals surface area contributed by atoms with E-state index in [0.29, 0.717) is 0 Å². The van der Waals surface area contributed by atoms with Gasteiger partial charge in [0.15, 0.2) is 0 Å². The number of nitrogens with zero attached hydrogens (tertiary/aromatic N) is 1. The van der Waals surface area contributed by atoms with Gasteiger partial charge in [0, 0.05) is 5.69 Å². The molecule has 0 unspecified atom stereocenters. The van der Waals surface area contributed by atoms with Gasteiger partial charge in [0.2, 0.25) is 0 Å². The van der Waals surface area contributed by atoms with E-state index in [9.17, 15) is 5.11 Å². The molecule has 1 aromatic heterocycles. The molecule has 1 heterocycles.